The van der Waals surface area contributed by atoms with Gasteiger partial charge in [0.15, 0.2) is 0 Å². The van der Waals surface area contributed by atoms with Crippen LogP contribution < -0.4 is 0 Å². The summed E-state index contributed by atoms with van der Waals surface area (Å²) in [7, 11) is 0. The van der Waals surface area contributed by atoms with Crippen molar-refractivity contribution in [1.29, 1.82) is 0 Å². The van der Waals surface area contributed by atoms with Crippen LogP contribution in [0.1, 0.15) is 50.4 Å². The van der Waals surface area contributed by atoms with E-state index in [9.17, 15) is 14.3 Å². The molecule has 164 valence electrons. The van der Waals surface area contributed by atoms with Gasteiger partial charge in [0.05, 0.1) is 12.1 Å². The number of phenolic OH excluding ortho intramolecular Hbond substituents is 1. The molecule has 2 N–H and O–H groups in total. The summed E-state index contributed by atoms with van der Waals surface area (Å²) in [5.41, 5.74) is 3.30. The number of ether oxygens (including phenoxy) is 1. The predicted molar refractivity (Wildman–Crippen MR) is 119 cm³/mol. The van der Waals surface area contributed by atoms with Crippen molar-refractivity contribution in [3.05, 3.63) is 59.7 Å². The fourth-order valence-corrected chi connectivity index (χ4v) is 3.99. The quantitative estimate of drug-likeness (QED) is 0.549. The van der Waals surface area contributed by atoms with E-state index in [2.05, 4.69) is 0 Å². The maximum absolute atomic E-state index is 13.5. The molecule has 0 saturated carbocycles. The summed E-state index contributed by atoms with van der Waals surface area (Å²) >= 11 is 0. The number of carbonyl (C=O) groups is 1. The third-order valence-electron chi connectivity index (χ3n) is 5.41. The summed E-state index contributed by atoms with van der Waals surface area (Å²) in [6.07, 6.45) is 1.88. The smallest absolute Gasteiger partial charge is 0.303 e. The summed E-state index contributed by atoms with van der Waals surface area (Å²) in [6, 6.07) is 11.4. The minimum absolute atomic E-state index is 0.0408. The number of aromatic nitrogens is 1. The van der Waals surface area contributed by atoms with Gasteiger partial charge in [0.25, 0.3) is 0 Å². The standard InChI is InChI=1S/C23H22FNO4.C2H6/c24-16-3-1-14(2-4-16)22-18-6-5-17(26)13-19(18)20(7-8-21(27)28)25-23(22)15-9-11-29-12-10-15;1-2/h1-6,13,15,26H,7-12H2,(H,27,28);1-2H3. The van der Waals surface area contributed by atoms with E-state index in [4.69, 9.17) is 14.8 Å². The molecule has 0 spiro atoms. The molecule has 4 rings (SSSR count). The number of benzene rings is 2. The van der Waals surface area contributed by atoms with Gasteiger partial charge in [-0.25, -0.2) is 4.39 Å². The second kappa shape index (κ2) is 10.4. The molecule has 0 amide bonds. The molecule has 0 bridgehead atoms. The Morgan fingerprint density at radius 3 is 2.42 bits per heavy atom. The predicted octanol–water partition coefficient (Wildman–Crippen LogP) is 5.68. The highest BCUT2D eigenvalue weighted by Crippen LogP contribution is 2.40. The van der Waals surface area contributed by atoms with Gasteiger partial charge in [0, 0.05) is 42.2 Å². The van der Waals surface area contributed by atoms with Crippen molar-refractivity contribution in [2.45, 2.75) is 45.4 Å². The number of aliphatic carboxylic acids is 1. The minimum Gasteiger partial charge on any atom is -0.508 e. The van der Waals surface area contributed by atoms with Crippen LogP contribution in [-0.2, 0) is 16.0 Å². The average Bonchev–Trinajstić information content (AvgIpc) is 2.79. The second-order valence-corrected chi connectivity index (χ2v) is 7.34. The molecular weight excluding hydrogens is 397 g/mol. The highest BCUT2D eigenvalue weighted by atomic mass is 19.1. The molecule has 0 aliphatic carbocycles. The monoisotopic (exact) mass is 425 g/mol. The Morgan fingerprint density at radius 1 is 1.10 bits per heavy atom. The van der Waals surface area contributed by atoms with E-state index in [1.165, 1.54) is 12.1 Å². The van der Waals surface area contributed by atoms with Gasteiger partial charge in [-0.2, -0.15) is 0 Å². The van der Waals surface area contributed by atoms with Crippen molar-refractivity contribution in [2.75, 3.05) is 13.2 Å². The van der Waals surface area contributed by atoms with Crippen LogP contribution in [0.2, 0.25) is 0 Å². The lowest BCUT2D eigenvalue weighted by atomic mass is 9.86. The zero-order valence-corrected chi connectivity index (χ0v) is 17.9. The van der Waals surface area contributed by atoms with Crippen molar-refractivity contribution in [3.8, 4) is 16.9 Å². The van der Waals surface area contributed by atoms with Crippen LogP contribution in [0.4, 0.5) is 4.39 Å². The van der Waals surface area contributed by atoms with E-state index < -0.39 is 5.97 Å². The summed E-state index contributed by atoms with van der Waals surface area (Å²) in [6.45, 7) is 5.29. The topological polar surface area (TPSA) is 79.7 Å². The molecule has 5 nitrogen and oxygen atoms in total. The molecule has 1 fully saturated rings. The van der Waals surface area contributed by atoms with E-state index in [-0.39, 0.29) is 30.3 Å². The van der Waals surface area contributed by atoms with Crippen LogP contribution >= 0.6 is 0 Å². The molecule has 2 heterocycles. The van der Waals surface area contributed by atoms with Crippen molar-refractivity contribution in [1.82, 2.24) is 4.98 Å². The number of pyridine rings is 1. The molecule has 6 heteroatoms. The molecule has 2 aromatic carbocycles. The fraction of sp³-hybridized carbons (Fsp3) is 0.360. The van der Waals surface area contributed by atoms with Gasteiger partial charge in [-0.1, -0.05) is 26.0 Å². The van der Waals surface area contributed by atoms with Crippen LogP contribution in [-0.4, -0.2) is 34.4 Å². The summed E-state index contributed by atoms with van der Waals surface area (Å²) in [4.78, 5) is 16.1. The largest absolute Gasteiger partial charge is 0.508 e. The van der Waals surface area contributed by atoms with Gasteiger partial charge in [0.2, 0.25) is 0 Å². The maximum Gasteiger partial charge on any atom is 0.303 e. The van der Waals surface area contributed by atoms with E-state index in [0.29, 0.717) is 18.9 Å². The minimum atomic E-state index is -0.893. The van der Waals surface area contributed by atoms with Gasteiger partial charge in [-0.3, -0.25) is 9.78 Å². The normalized spacial score (nSPS) is 14.2. The number of aromatic hydroxyl groups is 1. The zero-order chi connectivity index (χ0) is 22.4. The van der Waals surface area contributed by atoms with Gasteiger partial charge < -0.3 is 14.9 Å². The van der Waals surface area contributed by atoms with Crippen LogP contribution in [0, 0.1) is 5.82 Å². The fourth-order valence-electron chi connectivity index (χ4n) is 3.99. The number of aryl methyl sites for hydroxylation is 1. The molecule has 31 heavy (non-hydrogen) atoms. The third-order valence-corrected chi connectivity index (χ3v) is 5.41. The molecule has 1 saturated heterocycles. The molecule has 1 aliphatic heterocycles. The number of phenols is 1. The first-order valence-corrected chi connectivity index (χ1v) is 10.7. The van der Waals surface area contributed by atoms with Gasteiger partial charge in [-0.05, 0) is 54.1 Å². The SMILES string of the molecule is CC.O=C(O)CCc1nc(C2CCOCC2)c(-c2ccc(F)cc2)c2ccc(O)cc12. The highest BCUT2D eigenvalue weighted by molar-refractivity contribution is 5.99. The lowest BCUT2D eigenvalue weighted by Crippen LogP contribution is -2.17. The molecule has 0 radical (unpaired) electrons. The highest BCUT2D eigenvalue weighted by Gasteiger charge is 2.25. The molecule has 0 unspecified atom stereocenters. The number of rotatable bonds is 5. The Morgan fingerprint density at radius 2 is 1.77 bits per heavy atom. The summed E-state index contributed by atoms with van der Waals surface area (Å²) in [5.74, 6) is -0.935. The third kappa shape index (κ3) is 5.20. The van der Waals surface area contributed by atoms with E-state index in [1.807, 2.05) is 19.9 Å². The van der Waals surface area contributed by atoms with Crippen molar-refractivity contribution < 1.29 is 24.1 Å². The Hall–Kier alpha value is -2.99. The van der Waals surface area contributed by atoms with Crippen LogP contribution in [0.3, 0.4) is 0 Å². The van der Waals surface area contributed by atoms with Gasteiger partial charge in [-0.15, -0.1) is 0 Å². The molecule has 1 aliphatic rings. The second-order valence-electron chi connectivity index (χ2n) is 7.34. The zero-order valence-electron chi connectivity index (χ0n) is 17.9. The molecule has 3 aromatic rings. The molecule has 0 atom stereocenters. The first-order chi connectivity index (χ1) is 15.0. The molecule has 1 aromatic heterocycles. The number of carboxylic acids is 1. The van der Waals surface area contributed by atoms with Crippen LogP contribution in [0.25, 0.3) is 21.9 Å². The first-order valence-electron chi connectivity index (χ1n) is 10.7. The molecular formula is C25H28FNO4. The van der Waals surface area contributed by atoms with E-state index in [0.717, 1.165) is 40.4 Å². The summed E-state index contributed by atoms with van der Waals surface area (Å²) < 4.78 is 19.1. The number of hydrogen-bond donors (Lipinski definition) is 2. The summed E-state index contributed by atoms with van der Waals surface area (Å²) in [5, 5.41) is 20.8. The first kappa shape index (κ1) is 22.7. The number of carboxylic acid groups (broad SMARTS) is 1. The van der Waals surface area contributed by atoms with Crippen molar-refractivity contribution >= 4 is 16.7 Å². The Bertz CT molecular complexity index is 1040. The van der Waals surface area contributed by atoms with Crippen LogP contribution in [0.15, 0.2) is 42.5 Å². The average molecular weight is 426 g/mol. The van der Waals surface area contributed by atoms with Crippen LogP contribution in [0.5, 0.6) is 5.75 Å². The van der Waals surface area contributed by atoms with Crippen molar-refractivity contribution in [2.24, 2.45) is 0 Å². The number of nitrogens with zero attached hydrogens (tertiary/aromatic N) is 1. The lowest BCUT2D eigenvalue weighted by molar-refractivity contribution is -0.136. The van der Waals surface area contributed by atoms with E-state index >= 15 is 0 Å². The number of halogens is 1. The van der Waals surface area contributed by atoms with Crippen molar-refractivity contribution in [3.63, 3.8) is 0 Å². The van der Waals surface area contributed by atoms with Gasteiger partial charge in [0.1, 0.15) is 11.6 Å². The Kier molecular flexibility index (Phi) is 7.58. The number of hydrogen-bond acceptors (Lipinski definition) is 4. The van der Waals surface area contributed by atoms with E-state index in [1.54, 1.807) is 24.3 Å². The van der Waals surface area contributed by atoms with Gasteiger partial charge >= 0.3 is 5.97 Å². The maximum atomic E-state index is 13.5. The Balaban J connectivity index is 0.00000132. The number of fused-ring (bicyclic) bond motifs is 1. The lowest BCUT2D eigenvalue weighted by Gasteiger charge is -2.26. The Labute approximate surface area is 181 Å².